The SMILES string of the molecule is C.CNC(=O)c1cnn(-c2nc(N)c3ncn([C@@H]4O[C@H](CO)[C@@H]5OC(C)(C)OC54)c3n2)c1.CNC(=O)c1cnn(-c2nc(N)c3ncn([C@@H]4O[C@H](CO)[C@H](O)C4O)c3n2)c1.I. The molecule has 6 aromatic heterocycles. The third kappa shape index (κ3) is 8.05. The van der Waals surface area contributed by atoms with E-state index in [1.807, 2.05) is 13.8 Å². The number of anilines is 2. The number of aliphatic hydroxyl groups is 4. The second-order valence-corrected chi connectivity index (χ2v) is 14.0. The van der Waals surface area contributed by atoms with Crippen molar-refractivity contribution >= 4 is 69.8 Å². The molecule has 328 valence electrons. The number of hydrogen-bond acceptors (Lipinski definition) is 20. The molecule has 8 atom stereocenters. The predicted molar refractivity (Wildman–Crippen MR) is 220 cm³/mol. The molecule has 0 saturated carbocycles. The zero-order chi connectivity index (χ0) is 41.9. The molecule has 3 aliphatic heterocycles. The van der Waals surface area contributed by atoms with Gasteiger partial charge in [-0.2, -0.15) is 30.1 Å². The van der Waals surface area contributed by atoms with Crippen molar-refractivity contribution in [1.29, 1.82) is 0 Å². The molecule has 9 heterocycles. The van der Waals surface area contributed by atoms with Gasteiger partial charge in [0, 0.05) is 26.5 Å². The van der Waals surface area contributed by atoms with E-state index in [4.69, 9.17) is 30.4 Å². The van der Waals surface area contributed by atoms with Gasteiger partial charge in [-0.05, 0) is 13.8 Å². The number of amides is 2. The summed E-state index contributed by atoms with van der Waals surface area (Å²) in [6.07, 6.45) is 1.90. The summed E-state index contributed by atoms with van der Waals surface area (Å²) in [5.74, 6) is -0.974. The minimum absolute atomic E-state index is 0. The van der Waals surface area contributed by atoms with Crippen LogP contribution in [0.4, 0.5) is 11.6 Å². The Hall–Kier alpha value is -5.53. The highest BCUT2D eigenvalue weighted by molar-refractivity contribution is 14.0. The smallest absolute Gasteiger partial charge is 0.254 e. The van der Waals surface area contributed by atoms with Crippen LogP contribution in [0.1, 0.15) is 54.4 Å². The second kappa shape index (κ2) is 17.4. The second-order valence-electron chi connectivity index (χ2n) is 14.0. The number of nitrogens with one attached hydrogen (secondary N) is 2. The Morgan fingerprint density at radius 3 is 1.66 bits per heavy atom. The molecule has 27 heteroatoms. The van der Waals surface area contributed by atoms with Crippen LogP contribution in [-0.2, 0) is 18.9 Å². The first-order valence-corrected chi connectivity index (χ1v) is 18.0. The van der Waals surface area contributed by atoms with E-state index in [2.05, 4.69) is 50.7 Å². The van der Waals surface area contributed by atoms with Gasteiger partial charge >= 0.3 is 0 Å². The van der Waals surface area contributed by atoms with Crippen molar-refractivity contribution in [3.05, 3.63) is 48.6 Å². The minimum atomic E-state index is -1.31. The van der Waals surface area contributed by atoms with E-state index < -0.39 is 61.5 Å². The van der Waals surface area contributed by atoms with Crippen molar-refractivity contribution in [2.75, 3.05) is 38.8 Å². The number of carbonyl (C=O) groups excluding carboxylic acids is 2. The van der Waals surface area contributed by atoms with E-state index in [-0.39, 0.29) is 84.5 Å². The van der Waals surface area contributed by atoms with Gasteiger partial charge in [0.15, 0.2) is 41.2 Å². The monoisotopic (exact) mass is 964 g/mol. The maximum atomic E-state index is 11.8. The number of nitrogen functional groups attached to an aromatic ring is 2. The maximum Gasteiger partial charge on any atom is 0.254 e. The first-order valence-electron chi connectivity index (χ1n) is 18.0. The summed E-state index contributed by atoms with van der Waals surface area (Å²) in [5, 5.41) is 52.5. The maximum absolute atomic E-state index is 11.8. The van der Waals surface area contributed by atoms with Gasteiger partial charge in [-0.3, -0.25) is 18.7 Å². The van der Waals surface area contributed by atoms with Crippen LogP contribution in [0, 0.1) is 0 Å². The average molecular weight is 965 g/mol. The van der Waals surface area contributed by atoms with Gasteiger partial charge in [-0.1, -0.05) is 7.43 Å². The third-order valence-corrected chi connectivity index (χ3v) is 9.80. The number of aliphatic hydroxyl groups excluding tert-OH is 4. The lowest BCUT2D eigenvalue weighted by Crippen LogP contribution is -2.33. The molecule has 2 unspecified atom stereocenters. The number of aromatic nitrogens is 12. The third-order valence-electron chi connectivity index (χ3n) is 9.80. The average Bonchev–Trinajstić information content (AvgIpc) is 4.09. The van der Waals surface area contributed by atoms with Crippen LogP contribution in [0.25, 0.3) is 34.2 Å². The van der Waals surface area contributed by atoms with E-state index in [0.717, 1.165) is 0 Å². The molecule has 9 rings (SSSR count). The van der Waals surface area contributed by atoms with Crippen LogP contribution in [-0.4, -0.2) is 161 Å². The summed E-state index contributed by atoms with van der Waals surface area (Å²) in [5.41, 5.74) is 14.0. The fraction of sp³-hybridized carbons (Fsp3) is 0.471. The predicted octanol–water partition coefficient (Wildman–Crippen LogP) is -1.82. The number of halogens is 1. The van der Waals surface area contributed by atoms with Gasteiger partial charge in [-0.15, -0.1) is 24.0 Å². The fourth-order valence-electron chi connectivity index (χ4n) is 6.96. The molecular formula is C34H45IN16O10. The van der Waals surface area contributed by atoms with Gasteiger partial charge in [0.1, 0.15) is 47.7 Å². The van der Waals surface area contributed by atoms with E-state index in [1.165, 1.54) is 65.5 Å². The largest absolute Gasteiger partial charge is 0.394 e. The Kier molecular flexibility index (Phi) is 12.9. The molecule has 6 aromatic rings. The summed E-state index contributed by atoms with van der Waals surface area (Å²) in [6.45, 7) is 2.94. The molecule has 0 aromatic carbocycles. The van der Waals surface area contributed by atoms with Crippen molar-refractivity contribution < 1.29 is 49.0 Å². The van der Waals surface area contributed by atoms with Crippen LogP contribution in [0.15, 0.2) is 37.4 Å². The molecule has 0 radical (unpaired) electrons. The Morgan fingerprint density at radius 1 is 0.738 bits per heavy atom. The summed E-state index contributed by atoms with van der Waals surface area (Å²) in [4.78, 5) is 49.3. The number of fused-ring (bicyclic) bond motifs is 3. The van der Waals surface area contributed by atoms with Crippen LogP contribution in [0.3, 0.4) is 0 Å². The minimum Gasteiger partial charge on any atom is -0.394 e. The van der Waals surface area contributed by atoms with Crippen molar-refractivity contribution in [3.63, 3.8) is 0 Å². The highest BCUT2D eigenvalue weighted by Gasteiger charge is 2.56. The lowest BCUT2D eigenvalue weighted by molar-refractivity contribution is -0.199. The van der Waals surface area contributed by atoms with Crippen molar-refractivity contribution in [1.82, 2.24) is 69.2 Å². The molecule has 0 aliphatic carbocycles. The van der Waals surface area contributed by atoms with E-state index in [1.54, 1.807) is 4.57 Å². The number of rotatable bonds is 8. The summed E-state index contributed by atoms with van der Waals surface area (Å²) in [7, 11) is 3.03. The Bertz CT molecular complexity index is 2540. The molecule has 3 saturated heterocycles. The Morgan fingerprint density at radius 2 is 1.20 bits per heavy atom. The zero-order valence-electron chi connectivity index (χ0n) is 32.2. The van der Waals surface area contributed by atoms with Crippen molar-refractivity contribution in [2.45, 2.75) is 76.1 Å². The Labute approximate surface area is 362 Å². The summed E-state index contributed by atoms with van der Waals surface area (Å²) in [6, 6.07) is 0. The molecule has 3 aliphatic rings. The van der Waals surface area contributed by atoms with Crippen LogP contribution < -0.4 is 22.1 Å². The molecule has 2 amide bonds. The number of imidazole rings is 2. The quantitative estimate of drug-likeness (QED) is 0.0779. The lowest BCUT2D eigenvalue weighted by Gasteiger charge is -2.24. The van der Waals surface area contributed by atoms with Crippen molar-refractivity contribution in [2.24, 2.45) is 0 Å². The van der Waals surface area contributed by atoms with Crippen LogP contribution in [0.5, 0.6) is 0 Å². The van der Waals surface area contributed by atoms with Gasteiger partial charge in [0.05, 0.1) is 49.4 Å². The van der Waals surface area contributed by atoms with Gasteiger partial charge < -0.3 is 61.5 Å². The van der Waals surface area contributed by atoms with E-state index in [9.17, 15) is 30.0 Å². The molecule has 0 bridgehead atoms. The molecule has 0 spiro atoms. The van der Waals surface area contributed by atoms with Crippen molar-refractivity contribution in [3.8, 4) is 11.9 Å². The Balaban J connectivity index is 0.000000199. The number of nitrogens with two attached hydrogens (primary N) is 2. The first-order chi connectivity index (χ1) is 28.2. The number of hydrogen-bond donors (Lipinski definition) is 8. The van der Waals surface area contributed by atoms with Gasteiger partial charge in [0.25, 0.3) is 23.7 Å². The molecular weight excluding hydrogens is 919 g/mol. The summed E-state index contributed by atoms with van der Waals surface area (Å²) >= 11 is 0. The van der Waals surface area contributed by atoms with E-state index >= 15 is 0 Å². The number of nitrogens with zero attached hydrogens (tertiary/aromatic N) is 12. The number of carbonyl (C=O) groups is 2. The molecule has 3 fully saturated rings. The molecule has 61 heavy (non-hydrogen) atoms. The van der Waals surface area contributed by atoms with E-state index in [0.29, 0.717) is 22.3 Å². The number of ether oxygens (including phenoxy) is 4. The normalized spacial score (nSPS) is 25.0. The highest BCUT2D eigenvalue weighted by atomic mass is 127. The first kappa shape index (κ1) is 45.0. The highest BCUT2D eigenvalue weighted by Crippen LogP contribution is 2.44. The zero-order valence-corrected chi connectivity index (χ0v) is 34.5. The van der Waals surface area contributed by atoms with Crippen LogP contribution in [0.2, 0.25) is 0 Å². The summed E-state index contributed by atoms with van der Waals surface area (Å²) < 4.78 is 29.2. The lowest BCUT2D eigenvalue weighted by atomic mass is 10.1. The fourth-order valence-corrected chi connectivity index (χ4v) is 6.96. The van der Waals surface area contributed by atoms with Gasteiger partial charge in [0.2, 0.25) is 0 Å². The van der Waals surface area contributed by atoms with Gasteiger partial charge in [-0.25, -0.2) is 19.3 Å². The molecule has 26 nitrogen and oxygen atoms in total. The topological polar surface area (TPSA) is 351 Å². The van der Waals surface area contributed by atoms with Crippen LogP contribution >= 0.6 is 24.0 Å². The molecule has 10 N–H and O–H groups in total. The standard InChI is InChI=1S/C18H22N8O5.C15H18N8O5.CH4.HI/c1-18(2)30-11-9(6-27)29-16(12(11)31-18)25-7-21-10-13(19)23-17(24-14(10)25)26-5-8(4-22-26)15(28)20-3;1-17-13(27)6-2-19-23(3-6)15-20-11(16)8-12(21-15)22(5-18-8)14-10(26)9(25)7(4-24)28-14;;/h4-5,7,9,11-12,16,27H,6H2,1-3H3,(H,20,28)(H2,19,23,24);2-3,5,7,9-10,14,24-26H,4H2,1H3,(H,17,27)(H2,16,20,21);1H4;1H/t9-,11+,12?,16-;7-,9+,10?,14-;;/m11../s1.